The van der Waals surface area contributed by atoms with Gasteiger partial charge in [0.05, 0.1) is 6.54 Å². The molecular formula is C16H26N2O. The van der Waals surface area contributed by atoms with Crippen molar-refractivity contribution in [2.24, 2.45) is 11.3 Å². The maximum Gasteiger partial charge on any atom is 0.222 e. The minimum Gasteiger partial charge on any atom is -0.341 e. The van der Waals surface area contributed by atoms with Crippen LogP contribution in [0.25, 0.3) is 0 Å². The molecule has 2 fully saturated rings. The van der Waals surface area contributed by atoms with Crippen LogP contribution in [0.15, 0.2) is 0 Å². The molecule has 106 valence electrons. The van der Waals surface area contributed by atoms with Gasteiger partial charge in [0.2, 0.25) is 5.91 Å². The monoisotopic (exact) mass is 262 g/mol. The van der Waals surface area contributed by atoms with Crippen LogP contribution in [0.4, 0.5) is 0 Å². The highest BCUT2D eigenvalue weighted by atomic mass is 16.2. The molecule has 0 bridgehead atoms. The van der Waals surface area contributed by atoms with Crippen molar-refractivity contribution in [2.75, 3.05) is 32.7 Å². The molecule has 2 aliphatic heterocycles. The number of likely N-dealkylation sites (tertiary alicyclic amines) is 2. The molecule has 1 amide bonds. The topological polar surface area (TPSA) is 23.6 Å². The Kier molecular flexibility index (Phi) is 4.52. The third-order valence-electron chi connectivity index (χ3n) is 4.32. The van der Waals surface area contributed by atoms with Gasteiger partial charge in [-0.25, -0.2) is 0 Å². The van der Waals surface area contributed by atoms with Crippen LogP contribution in [-0.2, 0) is 4.79 Å². The van der Waals surface area contributed by atoms with Crippen molar-refractivity contribution >= 4 is 5.91 Å². The van der Waals surface area contributed by atoms with Crippen molar-refractivity contribution in [3.63, 3.8) is 0 Å². The van der Waals surface area contributed by atoms with Crippen molar-refractivity contribution in [3.05, 3.63) is 0 Å². The molecule has 1 spiro atoms. The fourth-order valence-corrected chi connectivity index (χ4v) is 3.03. The molecule has 0 aromatic carbocycles. The van der Waals surface area contributed by atoms with Gasteiger partial charge in [-0.15, -0.1) is 0 Å². The summed E-state index contributed by atoms with van der Waals surface area (Å²) < 4.78 is 0. The van der Waals surface area contributed by atoms with E-state index < -0.39 is 0 Å². The second-order valence-electron chi connectivity index (χ2n) is 6.36. The van der Waals surface area contributed by atoms with Crippen molar-refractivity contribution in [1.29, 1.82) is 0 Å². The van der Waals surface area contributed by atoms with E-state index in [-0.39, 0.29) is 0 Å². The lowest BCUT2D eigenvalue weighted by Crippen LogP contribution is -2.61. The summed E-state index contributed by atoms with van der Waals surface area (Å²) in [6.45, 7) is 11.4. The number of amides is 1. The van der Waals surface area contributed by atoms with Crippen LogP contribution < -0.4 is 0 Å². The predicted molar refractivity (Wildman–Crippen MR) is 77.6 cm³/mol. The zero-order valence-electron chi connectivity index (χ0n) is 12.5. The van der Waals surface area contributed by atoms with Gasteiger partial charge in [0, 0.05) is 30.8 Å². The average molecular weight is 262 g/mol. The standard InChI is InChI=1S/C16H26N2O/c1-4-15(19)18-12-16(13-18)7-10-17(11-8-16)9-5-6-14(2)3/h14H,4,7-13H2,1-3H3. The number of hydrogen-bond donors (Lipinski definition) is 0. The van der Waals surface area contributed by atoms with Gasteiger partial charge in [-0.05, 0) is 25.9 Å². The first kappa shape index (κ1) is 14.4. The molecule has 0 aromatic rings. The van der Waals surface area contributed by atoms with Gasteiger partial charge in [0.15, 0.2) is 0 Å². The molecule has 0 aromatic heterocycles. The third-order valence-corrected chi connectivity index (χ3v) is 4.32. The van der Waals surface area contributed by atoms with Crippen molar-refractivity contribution in [3.8, 4) is 11.8 Å². The summed E-state index contributed by atoms with van der Waals surface area (Å²) >= 11 is 0. The van der Waals surface area contributed by atoms with E-state index in [1.54, 1.807) is 0 Å². The highest BCUT2D eigenvalue weighted by Gasteiger charge is 2.45. The van der Waals surface area contributed by atoms with Gasteiger partial charge in [-0.2, -0.15) is 0 Å². The van der Waals surface area contributed by atoms with Gasteiger partial charge < -0.3 is 4.90 Å². The van der Waals surface area contributed by atoms with E-state index >= 15 is 0 Å². The fourth-order valence-electron chi connectivity index (χ4n) is 3.03. The summed E-state index contributed by atoms with van der Waals surface area (Å²) in [7, 11) is 0. The number of hydrogen-bond acceptors (Lipinski definition) is 2. The van der Waals surface area contributed by atoms with E-state index in [4.69, 9.17) is 0 Å². The average Bonchev–Trinajstić information content (AvgIpc) is 2.36. The smallest absolute Gasteiger partial charge is 0.222 e. The Bertz CT molecular complexity index is 375. The van der Waals surface area contributed by atoms with Gasteiger partial charge in [0.25, 0.3) is 0 Å². The number of carbonyl (C=O) groups is 1. The molecule has 2 saturated heterocycles. The van der Waals surface area contributed by atoms with Gasteiger partial charge in [-0.3, -0.25) is 9.69 Å². The van der Waals surface area contributed by atoms with E-state index in [0.29, 0.717) is 23.7 Å². The summed E-state index contributed by atoms with van der Waals surface area (Å²) in [6, 6.07) is 0. The van der Waals surface area contributed by atoms with Crippen molar-refractivity contribution in [2.45, 2.75) is 40.0 Å². The van der Waals surface area contributed by atoms with E-state index in [1.165, 1.54) is 12.8 Å². The van der Waals surface area contributed by atoms with Crippen molar-refractivity contribution in [1.82, 2.24) is 9.80 Å². The number of piperidine rings is 1. The van der Waals surface area contributed by atoms with Crippen LogP contribution >= 0.6 is 0 Å². The number of rotatable bonds is 2. The Morgan fingerprint density at radius 3 is 2.42 bits per heavy atom. The van der Waals surface area contributed by atoms with Crippen LogP contribution in [0.1, 0.15) is 40.0 Å². The van der Waals surface area contributed by atoms with Crippen molar-refractivity contribution < 1.29 is 4.79 Å². The highest BCUT2D eigenvalue weighted by Crippen LogP contribution is 2.40. The quantitative estimate of drug-likeness (QED) is 0.711. The van der Waals surface area contributed by atoms with Crippen LogP contribution in [0.3, 0.4) is 0 Å². The SMILES string of the molecule is CCC(=O)N1CC2(CCN(CC#CC(C)C)CC2)C1. The highest BCUT2D eigenvalue weighted by molar-refractivity contribution is 5.76. The molecule has 0 atom stereocenters. The first-order valence-electron chi connectivity index (χ1n) is 7.53. The molecule has 0 unspecified atom stereocenters. The largest absolute Gasteiger partial charge is 0.341 e. The molecule has 2 heterocycles. The third kappa shape index (κ3) is 3.51. The Labute approximate surface area is 117 Å². The summed E-state index contributed by atoms with van der Waals surface area (Å²) in [4.78, 5) is 16.1. The van der Waals surface area contributed by atoms with Gasteiger partial charge in [-0.1, -0.05) is 32.6 Å². The number of carbonyl (C=O) groups excluding carboxylic acids is 1. The van der Waals surface area contributed by atoms with E-state index in [2.05, 4.69) is 30.6 Å². The normalized spacial score (nSPS) is 22.0. The Morgan fingerprint density at radius 2 is 1.89 bits per heavy atom. The number of nitrogens with zero attached hydrogens (tertiary/aromatic N) is 2. The molecular weight excluding hydrogens is 236 g/mol. The van der Waals surface area contributed by atoms with Crippen LogP contribution in [0, 0.1) is 23.2 Å². The lowest BCUT2D eigenvalue weighted by atomic mass is 9.72. The van der Waals surface area contributed by atoms with Gasteiger partial charge >= 0.3 is 0 Å². The zero-order chi connectivity index (χ0) is 13.9. The summed E-state index contributed by atoms with van der Waals surface area (Å²) in [5, 5.41) is 0. The summed E-state index contributed by atoms with van der Waals surface area (Å²) in [5.74, 6) is 7.28. The van der Waals surface area contributed by atoms with E-state index in [1.807, 2.05) is 11.8 Å². The maximum absolute atomic E-state index is 11.6. The lowest BCUT2D eigenvalue weighted by Gasteiger charge is -2.53. The van der Waals surface area contributed by atoms with E-state index in [9.17, 15) is 4.79 Å². The molecule has 2 rings (SSSR count). The van der Waals surface area contributed by atoms with Crippen LogP contribution in [-0.4, -0.2) is 48.4 Å². The molecule has 0 saturated carbocycles. The molecule has 19 heavy (non-hydrogen) atoms. The predicted octanol–water partition coefficient (Wildman–Crippen LogP) is 1.98. The zero-order valence-corrected chi connectivity index (χ0v) is 12.5. The fraction of sp³-hybridized carbons (Fsp3) is 0.812. The summed E-state index contributed by atoms with van der Waals surface area (Å²) in [6.07, 6.45) is 3.10. The van der Waals surface area contributed by atoms with E-state index in [0.717, 1.165) is 32.7 Å². The molecule has 3 heteroatoms. The second kappa shape index (κ2) is 5.96. The Morgan fingerprint density at radius 1 is 1.26 bits per heavy atom. The van der Waals surface area contributed by atoms with Gasteiger partial charge in [0.1, 0.15) is 0 Å². The molecule has 0 aliphatic carbocycles. The van der Waals surface area contributed by atoms with Crippen LogP contribution in [0.5, 0.6) is 0 Å². The lowest BCUT2D eigenvalue weighted by molar-refractivity contribution is -0.146. The molecule has 0 N–H and O–H groups in total. The second-order valence-corrected chi connectivity index (χ2v) is 6.36. The van der Waals surface area contributed by atoms with Crippen LogP contribution in [0.2, 0.25) is 0 Å². The first-order valence-corrected chi connectivity index (χ1v) is 7.53. The molecule has 2 aliphatic rings. The minimum absolute atomic E-state index is 0.316. The Hall–Kier alpha value is -1.01. The molecule has 0 radical (unpaired) electrons. The minimum atomic E-state index is 0.316. The molecule has 3 nitrogen and oxygen atoms in total. The Balaban J connectivity index is 1.73. The summed E-state index contributed by atoms with van der Waals surface area (Å²) in [5.41, 5.74) is 0.437. The first-order chi connectivity index (χ1) is 9.04. The maximum atomic E-state index is 11.6.